The van der Waals surface area contributed by atoms with Gasteiger partial charge in [0, 0.05) is 24.7 Å². The molecule has 0 N–H and O–H groups in total. The summed E-state index contributed by atoms with van der Waals surface area (Å²) >= 11 is 6.20. The van der Waals surface area contributed by atoms with Crippen LogP contribution in [-0.4, -0.2) is 23.1 Å². The molecular formula is C17H20ClN3. The largest absolute Gasteiger partial charge is 0.356 e. The van der Waals surface area contributed by atoms with Crippen LogP contribution in [0.5, 0.6) is 0 Å². The van der Waals surface area contributed by atoms with Gasteiger partial charge in [-0.3, -0.25) is 0 Å². The topological polar surface area (TPSA) is 29.0 Å². The van der Waals surface area contributed by atoms with Gasteiger partial charge in [-0.15, -0.1) is 0 Å². The Labute approximate surface area is 131 Å². The molecule has 0 aliphatic carbocycles. The minimum absolute atomic E-state index is 0.511. The van der Waals surface area contributed by atoms with Crippen molar-refractivity contribution in [3.8, 4) is 11.4 Å². The van der Waals surface area contributed by atoms with Crippen LogP contribution in [0.4, 0.5) is 5.82 Å². The molecule has 1 aliphatic rings. The van der Waals surface area contributed by atoms with Crippen molar-refractivity contribution in [1.82, 2.24) is 9.97 Å². The van der Waals surface area contributed by atoms with Gasteiger partial charge in [0.05, 0.1) is 0 Å². The van der Waals surface area contributed by atoms with Gasteiger partial charge < -0.3 is 4.90 Å². The first-order valence-corrected chi connectivity index (χ1v) is 7.99. The molecule has 1 aromatic carbocycles. The van der Waals surface area contributed by atoms with Crippen LogP contribution >= 0.6 is 11.6 Å². The van der Waals surface area contributed by atoms with Gasteiger partial charge in [-0.05, 0) is 18.8 Å². The number of rotatable bonds is 3. The Morgan fingerprint density at radius 3 is 2.52 bits per heavy atom. The van der Waals surface area contributed by atoms with E-state index in [0.29, 0.717) is 11.0 Å². The molecule has 3 nitrogen and oxygen atoms in total. The van der Waals surface area contributed by atoms with E-state index in [0.717, 1.165) is 30.4 Å². The number of hydrogen-bond donors (Lipinski definition) is 0. The zero-order valence-electron chi connectivity index (χ0n) is 12.3. The lowest BCUT2D eigenvalue weighted by molar-refractivity contribution is 0.394. The Morgan fingerprint density at radius 2 is 1.86 bits per heavy atom. The Hall–Kier alpha value is -1.61. The summed E-state index contributed by atoms with van der Waals surface area (Å²) in [5, 5.41) is 0.511. The first kappa shape index (κ1) is 14.3. The summed E-state index contributed by atoms with van der Waals surface area (Å²) in [6, 6.07) is 11.9. The quantitative estimate of drug-likeness (QED) is 0.786. The highest BCUT2D eigenvalue weighted by molar-refractivity contribution is 6.29. The van der Waals surface area contributed by atoms with Gasteiger partial charge in [0.15, 0.2) is 5.82 Å². The van der Waals surface area contributed by atoms with Gasteiger partial charge in [0.1, 0.15) is 11.0 Å². The summed E-state index contributed by atoms with van der Waals surface area (Å²) in [6.07, 6.45) is 3.74. The van der Waals surface area contributed by atoms with Crippen molar-refractivity contribution in [2.24, 2.45) is 5.92 Å². The van der Waals surface area contributed by atoms with Crippen molar-refractivity contribution >= 4 is 17.4 Å². The van der Waals surface area contributed by atoms with Gasteiger partial charge >= 0.3 is 0 Å². The van der Waals surface area contributed by atoms with Crippen LogP contribution in [0.1, 0.15) is 26.2 Å². The van der Waals surface area contributed by atoms with Crippen LogP contribution in [-0.2, 0) is 0 Å². The second-order valence-electron chi connectivity index (χ2n) is 5.58. The predicted octanol–water partition coefficient (Wildman–Crippen LogP) is 4.42. The second kappa shape index (κ2) is 6.44. The van der Waals surface area contributed by atoms with Gasteiger partial charge in [-0.2, -0.15) is 0 Å². The summed E-state index contributed by atoms with van der Waals surface area (Å²) in [4.78, 5) is 11.4. The molecule has 0 amide bonds. The third-order valence-electron chi connectivity index (χ3n) is 4.23. The summed E-state index contributed by atoms with van der Waals surface area (Å²) in [6.45, 7) is 4.38. The van der Waals surface area contributed by atoms with Gasteiger partial charge in [0.25, 0.3) is 0 Å². The van der Waals surface area contributed by atoms with Crippen molar-refractivity contribution in [3.05, 3.63) is 41.6 Å². The summed E-state index contributed by atoms with van der Waals surface area (Å²) in [7, 11) is 0. The third-order valence-corrected chi connectivity index (χ3v) is 4.42. The summed E-state index contributed by atoms with van der Waals surface area (Å²) in [5.74, 6) is 2.51. The number of halogens is 1. The fourth-order valence-corrected chi connectivity index (χ4v) is 3.03. The van der Waals surface area contributed by atoms with E-state index in [1.165, 1.54) is 19.3 Å². The van der Waals surface area contributed by atoms with Crippen molar-refractivity contribution in [2.75, 3.05) is 18.0 Å². The van der Waals surface area contributed by atoms with Crippen LogP contribution in [0, 0.1) is 5.92 Å². The molecule has 1 aliphatic heterocycles. The van der Waals surface area contributed by atoms with Crippen LogP contribution < -0.4 is 4.90 Å². The van der Waals surface area contributed by atoms with E-state index in [4.69, 9.17) is 16.6 Å². The fourth-order valence-electron chi connectivity index (χ4n) is 2.85. The van der Waals surface area contributed by atoms with E-state index < -0.39 is 0 Å². The Balaban J connectivity index is 1.85. The molecule has 2 aromatic rings. The maximum atomic E-state index is 6.20. The molecule has 0 unspecified atom stereocenters. The fraction of sp³-hybridized carbons (Fsp3) is 0.412. The maximum Gasteiger partial charge on any atom is 0.163 e. The Bertz CT molecular complexity index is 592. The number of aromatic nitrogens is 2. The minimum Gasteiger partial charge on any atom is -0.356 e. The number of nitrogens with zero attached hydrogens (tertiary/aromatic N) is 3. The van der Waals surface area contributed by atoms with Gasteiger partial charge in [-0.1, -0.05) is 55.3 Å². The Morgan fingerprint density at radius 1 is 1.14 bits per heavy atom. The zero-order chi connectivity index (χ0) is 14.7. The van der Waals surface area contributed by atoms with Crippen LogP contribution in [0.2, 0.25) is 5.15 Å². The normalized spacial score (nSPS) is 16.2. The van der Waals surface area contributed by atoms with E-state index >= 15 is 0 Å². The molecule has 4 heteroatoms. The number of hydrogen-bond acceptors (Lipinski definition) is 3. The zero-order valence-corrected chi connectivity index (χ0v) is 13.1. The maximum absolute atomic E-state index is 6.20. The molecule has 2 heterocycles. The van der Waals surface area contributed by atoms with Gasteiger partial charge in [-0.25, -0.2) is 9.97 Å². The van der Waals surface area contributed by atoms with Crippen molar-refractivity contribution < 1.29 is 0 Å². The van der Waals surface area contributed by atoms with Crippen LogP contribution in [0.3, 0.4) is 0 Å². The molecule has 1 fully saturated rings. The third kappa shape index (κ3) is 3.35. The minimum atomic E-state index is 0.511. The number of anilines is 1. The molecule has 0 radical (unpaired) electrons. The molecule has 0 saturated carbocycles. The predicted molar refractivity (Wildman–Crippen MR) is 87.7 cm³/mol. The lowest BCUT2D eigenvalue weighted by atomic mass is 9.94. The molecule has 0 atom stereocenters. The molecule has 110 valence electrons. The van der Waals surface area contributed by atoms with Crippen LogP contribution in [0.25, 0.3) is 11.4 Å². The SMILES string of the molecule is CCC1CCN(c2cc(Cl)nc(-c3ccccc3)n2)CC1. The first-order valence-electron chi connectivity index (χ1n) is 7.61. The van der Waals surface area contributed by atoms with E-state index in [-0.39, 0.29) is 0 Å². The molecule has 0 bridgehead atoms. The van der Waals surface area contributed by atoms with E-state index in [9.17, 15) is 0 Å². The van der Waals surface area contributed by atoms with E-state index in [2.05, 4.69) is 16.8 Å². The average molecular weight is 302 g/mol. The molecule has 3 rings (SSSR count). The van der Waals surface area contributed by atoms with E-state index in [1.807, 2.05) is 36.4 Å². The number of piperidine rings is 1. The number of benzene rings is 1. The Kier molecular flexibility index (Phi) is 4.39. The molecule has 0 spiro atoms. The molecule has 1 aromatic heterocycles. The van der Waals surface area contributed by atoms with Gasteiger partial charge in [0.2, 0.25) is 0 Å². The summed E-state index contributed by atoms with van der Waals surface area (Å²) < 4.78 is 0. The lowest BCUT2D eigenvalue weighted by Crippen LogP contribution is -2.34. The highest BCUT2D eigenvalue weighted by Crippen LogP contribution is 2.27. The molecular weight excluding hydrogens is 282 g/mol. The van der Waals surface area contributed by atoms with Crippen LogP contribution in [0.15, 0.2) is 36.4 Å². The highest BCUT2D eigenvalue weighted by atomic mass is 35.5. The smallest absolute Gasteiger partial charge is 0.163 e. The monoisotopic (exact) mass is 301 g/mol. The second-order valence-corrected chi connectivity index (χ2v) is 5.96. The first-order chi connectivity index (χ1) is 10.3. The highest BCUT2D eigenvalue weighted by Gasteiger charge is 2.20. The van der Waals surface area contributed by atoms with Crippen molar-refractivity contribution in [3.63, 3.8) is 0 Å². The molecule has 21 heavy (non-hydrogen) atoms. The summed E-state index contributed by atoms with van der Waals surface area (Å²) in [5.41, 5.74) is 1.00. The standard InChI is InChI=1S/C17H20ClN3/c1-2-13-8-10-21(11-9-13)16-12-15(18)19-17(20-16)14-6-4-3-5-7-14/h3-7,12-13H,2,8-11H2,1H3. The molecule has 1 saturated heterocycles. The van der Waals surface area contributed by atoms with Crippen molar-refractivity contribution in [1.29, 1.82) is 0 Å². The lowest BCUT2D eigenvalue weighted by Gasteiger charge is -2.32. The van der Waals surface area contributed by atoms with E-state index in [1.54, 1.807) is 0 Å². The average Bonchev–Trinajstić information content (AvgIpc) is 2.55. The van der Waals surface area contributed by atoms with Crippen molar-refractivity contribution in [2.45, 2.75) is 26.2 Å².